The Balaban J connectivity index is 1.67. The molecule has 2 aliphatic heterocycles. The number of hydrogen-bond acceptors (Lipinski definition) is 3. The molecular weight excluding hydrogens is 220 g/mol. The zero-order valence-corrected chi connectivity index (χ0v) is 10.9. The maximum Gasteiger partial charge on any atom is 0.235 e. The van der Waals surface area contributed by atoms with Gasteiger partial charge in [-0.25, -0.2) is 0 Å². The van der Waals surface area contributed by atoms with Gasteiger partial charge in [-0.1, -0.05) is 0 Å². The predicted octanol–water partition coefficient (Wildman–Crippen LogP) is 1.53. The summed E-state index contributed by atoms with van der Waals surface area (Å²) in [6.45, 7) is 4.05. The van der Waals surface area contributed by atoms with Crippen molar-refractivity contribution in [3.05, 3.63) is 0 Å². The van der Waals surface area contributed by atoms with Gasteiger partial charge in [0.25, 0.3) is 0 Å². The first-order valence-electron chi connectivity index (χ1n) is 6.36. The van der Waals surface area contributed by atoms with Gasteiger partial charge in [-0.3, -0.25) is 4.79 Å². The number of amides is 1. The Kier molecular flexibility index (Phi) is 4.14. The summed E-state index contributed by atoms with van der Waals surface area (Å²) in [4.78, 5) is 12.0. The van der Waals surface area contributed by atoms with E-state index in [0.717, 1.165) is 31.7 Å². The average Bonchev–Trinajstić information content (AvgIpc) is 2.90. The van der Waals surface area contributed by atoms with Gasteiger partial charge in [0, 0.05) is 12.6 Å². The van der Waals surface area contributed by atoms with Gasteiger partial charge in [-0.15, -0.1) is 11.8 Å². The Bertz CT molecular complexity index is 245. The van der Waals surface area contributed by atoms with Crippen molar-refractivity contribution >= 4 is 17.7 Å². The van der Waals surface area contributed by atoms with E-state index < -0.39 is 0 Å². The zero-order valence-electron chi connectivity index (χ0n) is 10.1. The number of carbonyl (C=O) groups is 1. The van der Waals surface area contributed by atoms with Crippen LogP contribution in [0.5, 0.6) is 0 Å². The Morgan fingerprint density at radius 1 is 1.56 bits per heavy atom. The lowest BCUT2D eigenvalue weighted by Crippen LogP contribution is -2.41. The minimum atomic E-state index is -0.150. The molecule has 0 aliphatic carbocycles. The van der Waals surface area contributed by atoms with Crippen molar-refractivity contribution in [3.63, 3.8) is 0 Å². The molecule has 4 heteroatoms. The van der Waals surface area contributed by atoms with Crippen molar-refractivity contribution in [2.45, 2.75) is 49.8 Å². The Morgan fingerprint density at radius 2 is 2.44 bits per heavy atom. The topological polar surface area (TPSA) is 41.1 Å². The lowest BCUT2D eigenvalue weighted by molar-refractivity contribution is -0.123. The van der Waals surface area contributed by atoms with Crippen molar-refractivity contribution in [2.75, 3.05) is 18.8 Å². The highest BCUT2D eigenvalue weighted by Gasteiger charge is 2.36. The van der Waals surface area contributed by atoms with Crippen molar-refractivity contribution in [3.8, 4) is 0 Å². The molecule has 2 N–H and O–H groups in total. The van der Waals surface area contributed by atoms with Crippen molar-refractivity contribution in [2.24, 2.45) is 0 Å². The Labute approximate surface area is 102 Å². The van der Waals surface area contributed by atoms with Crippen LogP contribution in [0.25, 0.3) is 0 Å². The van der Waals surface area contributed by atoms with Gasteiger partial charge in [-0.2, -0.15) is 0 Å². The fraction of sp³-hybridized carbons (Fsp3) is 0.917. The third kappa shape index (κ3) is 2.92. The summed E-state index contributed by atoms with van der Waals surface area (Å²) in [6.07, 6.45) is 5.84. The highest BCUT2D eigenvalue weighted by atomic mass is 32.2. The summed E-state index contributed by atoms with van der Waals surface area (Å²) in [5.74, 6) is 1.38. The van der Waals surface area contributed by atoms with Crippen LogP contribution in [0, 0.1) is 0 Å². The van der Waals surface area contributed by atoms with E-state index in [9.17, 15) is 4.79 Å². The Hall–Kier alpha value is -0.220. The fourth-order valence-electron chi connectivity index (χ4n) is 2.51. The second kappa shape index (κ2) is 5.41. The maximum atomic E-state index is 12.0. The van der Waals surface area contributed by atoms with Gasteiger partial charge in [0.1, 0.15) is 0 Å². The van der Waals surface area contributed by atoms with Crippen molar-refractivity contribution in [1.82, 2.24) is 10.6 Å². The van der Waals surface area contributed by atoms with Crippen LogP contribution in [0.4, 0.5) is 0 Å². The highest BCUT2D eigenvalue weighted by Crippen LogP contribution is 2.37. The van der Waals surface area contributed by atoms with Crippen LogP contribution in [-0.2, 0) is 4.79 Å². The minimum absolute atomic E-state index is 0.150. The molecule has 2 saturated heterocycles. The molecule has 2 aliphatic rings. The lowest BCUT2D eigenvalue weighted by Gasteiger charge is -2.22. The zero-order chi connectivity index (χ0) is 11.4. The molecule has 0 spiro atoms. The Morgan fingerprint density at radius 3 is 3.06 bits per heavy atom. The monoisotopic (exact) mass is 242 g/mol. The van der Waals surface area contributed by atoms with Gasteiger partial charge in [-0.05, 0) is 51.3 Å². The molecule has 2 rings (SSSR count). The number of hydrogen-bond donors (Lipinski definition) is 2. The first-order chi connectivity index (χ1) is 7.71. The van der Waals surface area contributed by atoms with E-state index in [1.807, 2.05) is 11.8 Å². The molecule has 2 unspecified atom stereocenters. The largest absolute Gasteiger partial charge is 0.355 e. The van der Waals surface area contributed by atoms with Crippen molar-refractivity contribution in [1.29, 1.82) is 0 Å². The molecule has 0 aromatic carbocycles. The molecule has 2 fully saturated rings. The third-order valence-electron chi connectivity index (χ3n) is 3.64. The van der Waals surface area contributed by atoms with E-state index in [1.165, 1.54) is 19.3 Å². The maximum absolute atomic E-state index is 12.0. The van der Waals surface area contributed by atoms with E-state index in [4.69, 9.17) is 0 Å². The fourth-order valence-corrected chi connectivity index (χ4v) is 3.74. The molecule has 2 atom stereocenters. The summed E-state index contributed by atoms with van der Waals surface area (Å²) in [5, 5.41) is 6.55. The van der Waals surface area contributed by atoms with Gasteiger partial charge < -0.3 is 10.6 Å². The molecule has 0 saturated carbocycles. The van der Waals surface area contributed by atoms with Crippen LogP contribution >= 0.6 is 11.8 Å². The van der Waals surface area contributed by atoms with E-state index >= 15 is 0 Å². The first-order valence-corrected chi connectivity index (χ1v) is 7.35. The van der Waals surface area contributed by atoms with Gasteiger partial charge in [0.05, 0.1) is 4.75 Å². The second-order valence-corrected chi connectivity index (χ2v) is 6.62. The SMILES string of the molecule is CC1(C(=O)NCCC2CCCN2)CCCS1. The summed E-state index contributed by atoms with van der Waals surface area (Å²) in [7, 11) is 0. The minimum Gasteiger partial charge on any atom is -0.355 e. The van der Waals surface area contributed by atoms with Gasteiger partial charge in [0.15, 0.2) is 0 Å². The standard InChI is InChI=1S/C12H22N2OS/c1-12(6-3-9-16-12)11(15)14-8-5-10-4-2-7-13-10/h10,13H,2-9H2,1H3,(H,14,15). The van der Waals surface area contributed by atoms with Gasteiger partial charge in [0.2, 0.25) is 5.91 Å². The molecular formula is C12H22N2OS. The quantitative estimate of drug-likeness (QED) is 0.785. The molecule has 3 nitrogen and oxygen atoms in total. The molecule has 2 heterocycles. The molecule has 0 aromatic heterocycles. The number of carbonyl (C=O) groups excluding carboxylic acids is 1. The number of rotatable bonds is 4. The van der Waals surface area contributed by atoms with Crippen molar-refractivity contribution < 1.29 is 4.79 Å². The molecule has 0 bridgehead atoms. The van der Waals surface area contributed by atoms with Crippen LogP contribution in [0.3, 0.4) is 0 Å². The predicted molar refractivity (Wildman–Crippen MR) is 68.7 cm³/mol. The van der Waals surface area contributed by atoms with Crippen LogP contribution in [0.15, 0.2) is 0 Å². The normalized spacial score (nSPS) is 34.2. The van der Waals surface area contributed by atoms with E-state index in [1.54, 1.807) is 0 Å². The molecule has 1 amide bonds. The summed E-state index contributed by atoms with van der Waals surface area (Å²) in [5.41, 5.74) is 0. The lowest BCUT2D eigenvalue weighted by atomic mass is 10.0. The van der Waals surface area contributed by atoms with E-state index in [2.05, 4.69) is 17.6 Å². The van der Waals surface area contributed by atoms with E-state index in [0.29, 0.717) is 6.04 Å². The highest BCUT2D eigenvalue weighted by molar-refractivity contribution is 8.01. The molecule has 92 valence electrons. The summed E-state index contributed by atoms with van der Waals surface area (Å²) >= 11 is 1.81. The first kappa shape index (κ1) is 12.2. The van der Waals surface area contributed by atoms with Crippen LogP contribution in [-0.4, -0.2) is 35.5 Å². The molecule has 16 heavy (non-hydrogen) atoms. The average molecular weight is 242 g/mol. The van der Waals surface area contributed by atoms with Crippen LogP contribution < -0.4 is 10.6 Å². The summed E-state index contributed by atoms with van der Waals surface area (Å²) < 4.78 is -0.150. The van der Waals surface area contributed by atoms with Crippen LogP contribution in [0.2, 0.25) is 0 Å². The second-order valence-electron chi connectivity index (χ2n) is 5.02. The molecule has 0 radical (unpaired) electrons. The smallest absolute Gasteiger partial charge is 0.235 e. The van der Waals surface area contributed by atoms with Crippen LogP contribution in [0.1, 0.15) is 39.0 Å². The number of thioether (sulfide) groups is 1. The number of nitrogens with one attached hydrogen (secondary N) is 2. The summed E-state index contributed by atoms with van der Waals surface area (Å²) in [6, 6.07) is 0.629. The third-order valence-corrected chi connectivity index (χ3v) is 5.16. The van der Waals surface area contributed by atoms with Gasteiger partial charge >= 0.3 is 0 Å². The van der Waals surface area contributed by atoms with E-state index in [-0.39, 0.29) is 10.7 Å². The molecule has 0 aromatic rings.